The van der Waals surface area contributed by atoms with Crippen LogP contribution >= 0.6 is 0 Å². The van der Waals surface area contributed by atoms with Crippen LogP contribution in [-0.2, 0) is 0 Å². The summed E-state index contributed by atoms with van der Waals surface area (Å²) >= 11 is 0. The predicted octanol–water partition coefficient (Wildman–Crippen LogP) is 2.89. The van der Waals surface area contributed by atoms with E-state index in [0.29, 0.717) is 0 Å². The van der Waals surface area contributed by atoms with Gasteiger partial charge in [0.15, 0.2) is 0 Å². The summed E-state index contributed by atoms with van der Waals surface area (Å²) in [5.41, 5.74) is 0. The number of hydrogen-bond acceptors (Lipinski definition) is 2. The van der Waals surface area contributed by atoms with Crippen molar-refractivity contribution >= 4 is 0 Å². The molecule has 0 radical (unpaired) electrons. The lowest BCUT2D eigenvalue weighted by Gasteiger charge is -2.33. The van der Waals surface area contributed by atoms with Gasteiger partial charge in [0, 0.05) is 6.04 Å². The number of rotatable bonds is 7. The van der Waals surface area contributed by atoms with Gasteiger partial charge in [-0.05, 0) is 71.1 Å². The Hall–Kier alpha value is -0.0800. The fraction of sp³-hybridized carbons (Fsp3) is 1.00. The highest BCUT2D eigenvalue weighted by Gasteiger charge is 2.20. The monoisotopic (exact) mass is 226 g/mol. The largest absolute Gasteiger partial charge is 0.317 e. The van der Waals surface area contributed by atoms with Crippen molar-refractivity contribution in [1.29, 1.82) is 0 Å². The van der Waals surface area contributed by atoms with Crippen LogP contribution in [0.15, 0.2) is 0 Å². The maximum atomic E-state index is 3.39. The van der Waals surface area contributed by atoms with E-state index in [4.69, 9.17) is 0 Å². The van der Waals surface area contributed by atoms with Crippen molar-refractivity contribution < 1.29 is 0 Å². The van der Waals surface area contributed by atoms with Crippen molar-refractivity contribution in [2.75, 3.05) is 26.7 Å². The topological polar surface area (TPSA) is 15.3 Å². The SMILES string of the molecule is CCNCCCCN(C)C1CCC(C)CC1. The summed E-state index contributed by atoms with van der Waals surface area (Å²) in [7, 11) is 2.31. The van der Waals surface area contributed by atoms with Crippen molar-refractivity contribution in [2.45, 2.75) is 58.4 Å². The summed E-state index contributed by atoms with van der Waals surface area (Å²) in [6, 6.07) is 0.871. The molecule has 1 aliphatic carbocycles. The summed E-state index contributed by atoms with van der Waals surface area (Å²) < 4.78 is 0. The van der Waals surface area contributed by atoms with Gasteiger partial charge in [0.2, 0.25) is 0 Å². The lowest BCUT2D eigenvalue weighted by molar-refractivity contribution is 0.168. The highest BCUT2D eigenvalue weighted by Crippen LogP contribution is 2.26. The van der Waals surface area contributed by atoms with Gasteiger partial charge >= 0.3 is 0 Å². The molecule has 1 saturated carbocycles. The Kier molecular flexibility index (Phi) is 7.06. The minimum Gasteiger partial charge on any atom is -0.317 e. The standard InChI is InChI=1S/C14H30N2/c1-4-15-11-5-6-12-16(3)14-9-7-13(2)8-10-14/h13-15H,4-12H2,1-3H3. The van der Waals surface area contributed by atoms with Crippen LogP contribution in [0, 0.1) is 5.92 Å². The third-order valence-electron chi connectivity index (χ3n) is 3.97. The molecular formula is C14H30N2. The smallest absolute Gasteiger partial charge is 0.00924 e. The van der Waals surface area contributed by atoms with Crippen LogP contribution in [0.2, 0.25) is 0 Å². The minimum absolute atomic E-state index is 0.871. The van der Waals surface area contributed by atoms with E-state index in [1.807, 2.05) is 0 Å². The molecule has 0 heterocycles. The molecule has 0 spiro atoms. The Balaban J connectivity index is 2.03. The average Bonchev–Trinajstić information content (AvgIpc) is 2.29. The predicted molar refractivity (Wildman–Crippen MR) is 71.8 cm³/mol. The van der Waals surface area contributed by atoms with E-state index in [1.165, 1.54) is 51.6 Å². The van der Waals surface area contributed by atoms with E-state index in [0.717, 1.165) is 18.5 Å². The van der Waals surface area contributed by atoms with Crippen molar-refractivity contribution in [2.24, 2.45) is 5.92 Å². The van der Waals surface area contributed by atoms with E-state index in [9.17, 15) is 0 Å². The first-order valence-electron chi connectivity index (χ1n) is 7.15. The van der Waals surface area contributed by atoms with Crippen molar-refractivity contribution in [1.82, 2.24) is 10.2 Å². The molecule has 0 unspecified atom stereocenters. The van der Waals surface area contributed by atoms with Crippen LogP contribution in [-0.4, -0.2) is 37.6 Å². The average molecular weight is 226 g/mol. The first-order valence-corrected chi connectivity index (χ1v) is 7.15. The molecule has 1 N–H and O–H groups in total. The Morgan fingerprint density at radius 2 is 1.81 bits per heavy atom. The van der Waals surface area contributed by atoms with Gasteiger partial charge < -0.3 is 10.2 Å². The molecule has 16 heavy (non-hydrogen) atoms. The fourth-order valence-corrected chi connectivity index (χ4v) is 2.65. The second kappa shape index (κ2) is 8.08. The normalized spacial score (nSPS) is 26.2. The summed E-state index contributed by atoms with van der Waals surface area (Å²) in [6.07, 6.45) is 8.38. The van der Waals surface area contributed by atoms with Gasteiger partial charge in [-0.15, -0.1) is 0 Å². The molecule has 1 aliphatic rings. The number of unbranched alkanes of at least 4 members (excludes halogenated alkanes) is 1. The highest BCUT2D eigenvalue weighted by atomic mass is 15.1. The molecule has 1 fully saturated rings. The second-order valence-corrected chi connectivity index (χ2v) is 5.45. The van der Waals surface area contributed by atoms with Crippen LogP contribution < -0.4 is 5.32 Å². The molecule has 0 aromatic heterocycles. The third kappa shape index (κ3) is 5.31. The molecule has 96 valence electrons. The van der Waals surface area contributed by atoms with Crippen LogP contribution in [0.1, 0.15) is 52.4 Å². The van der Waals surface area contributed by atoms with E-state index in [-0.39, 0.29) is 0 Å². The maximum Gasteiger partial charge on any atom is 0.00924 e. The lowest BCUT2D eigenvalue weighted by Crippen LogP contribution is -2.35. The summed E-state index contributed by atoms with van der Waals surface area (Å²) in [5.74, 6) is 0.971. The molecule has 1 rings (SSSR count). The van der Waals surface area contributed by atoms with E-state index < -0.39 is 0 Å². The zero-order valence-corrected chi connectivity index (χ0v) is 11.5. The molecule has 2 nitrogen and oxygen atoms in total. The zero-order chi connectivity index (χ0) is 11.8. The van der Waals surface area contributed by atoms with Gasteiger partial charge in [-0.3, -0.25) is 0 Å². The number of hydrogen-bond donors (Lipinski definition) is 1. The fourth-order valence-electron chi connectivity index (χ4n) is 2.65. The van der Waals surface area contributed by atoms with Crippen LogP contribution in [0.25, 0.3) is 0 Å². The molecule has 0 aliphatic heterocycles. The number of nitrogens with zero attached hydrogens (tertiary/aromatic N) is 1. The van der Waals surface area contributed by atoms with Crippen molar-refractivity contribution in [3.63, 3.8) is 0 Å². The molecule has 0 aromatic rings. The first kappa shape index (κ1) is 14.0. The Morgan fingerprint density at radius 3 is 2.44 bits per heavy atom. The van der Waals surface area contributed by atoms with Gasteiger partial charge in [-0.25, -0.2) is 0 Å². The number of nitrogens with one attached hydrogen (secondary N) is 1. The zero-order valence-electron chi connectivity index (χ0n) is 11.5. The minimum atomic E-state index is 0.871. The van der Waals surface area contributed by atoms with Gasteiger partial charge in [0.25, 0.3) is 0 Å². The molecule has 0 bridgehead atoms. The summed E-state index contributed by atoms with van der Waals surface area (Å²) in [5, 5.41) is 3.39. The quantitative estimate of drug-likeness (QED) is 0.672. The van der Waals surface area contributed by atoms with E-state index >= 15 is 0 Å². The van der Waals surface area contributed by atoms with E-state index in [2.05, 4.69) is 31.1 Å². The highest BCUT2D eigenvalue weighted by molar-refractivity contribution is 4.76. The van der Waals surface area contributed by atoms with Gasteiger partial charge in [-0.1, -0.05) is 13.8 Å². The summed E-state index contributed by atoms with van der Waals surface area (Å²) in [4.78, 5) is 2.60. The lowest BCUT2D eigenvalue weighted by atomic mass is 9.87. The molecule has 0 amide bonds. The van der Waals surface area contributed by atoms with Gasteiger partial charge in [0.05, 0.1) is 0 Å². The third-order valence-corrected chi connectivity index (χ3v) is 3.97. The molecule has 0 atom stereocenters. The summed E-state index contributed by atoms with van der Waals surface area (Å²) in [6.45, 7) is 8.15. The van der Waals surface area contributed by atoms with Crippen molar-refractivity contribution in [3.8, 4) is 0 Å². The Morgan fingerprint density at radius 1 is 1.12 bits per heavy atom. The molecular weight excluding hydrogens is 196 g/mol. The van der Waals surface area contributed by atoms with Crippen LogP contribution in [0.4, 0.5) is 0 Å². The van der Waals surface area contributed by atoms with Gasteiger partial charge in [0.1, 0.15) is 0 Å². The molecule has 0 aromatic carbocycles. The van der Waals surface area contributed by atoms with Crippen LogP contribution in [0.5, 0.6) is 0 Å². The second-order valence-electron chi connectivity index (χ2n) is 5.45. The Labute approximate surface area is 102 Å². The van der Waals surface area contributed by atoms with Crippen LogP contribution in [0.3, 0.4) is 0 Å². The van der Waals surface area contributed by atoms with Crippen molar-refractivity contribution in [3.05, 3.63) is 0 Å². The first-order chi connectivity index (χ1) is 7.74. The molecule has 0 saturated heterocycles. The van der Waals surface area contributed by atoms with Gasteiger partial charge in [-0.2, -0.15) is 0 Å². The molecule has 2 heteroatoms. The Bertz CT molecular complexity index is 162. The van der Waals surface area contributed by atoms with E-state index in [1.54, 1.807) is 0 Å². The maximum absolute atomic E-state index is 3.39.